The second-order valence-corrected chi connectivity index (χ2v) is 8.31. The summed E-state index contributed by atoms with van der Waals surface area (Å²) in [5.74, 6) is -1.03. The van der Waals surface area contributed by atoms with Crippen molar-refractivity contribution < 1.29 is 17.2 Å². The maximum absolute atomic E-state index is 14.1. The first-order chi connectivity index (χ1) is 12.4. The van der Waals surface area contributed by atoms with Gasteiger partial charge in [0.25, 0.3) is 10.0 Å². The van der Waals surface area contributed by atoms with Crippen molar-refractivity contribution in [3.05, 3.63) is 94.5 Å². The van der Waals surface area contributed by atoms with Crippen molar-refractivity contribution in [2.24, 2.45) is 0 Å². The zero-order valence-corrected chi connectivity index (χ0v) is 15.8. The number of nitrogens with zero attached hydrogens (tertiary/aromatic N) is 1. The lowest BCUT2D eigenvalue weighted by atomic mass is 10.2. The van der Waals surface area contributed by atoms with Crippen LogP contribution in [0.1, 0.15) is 5.56 Å². The van der Waals surface area contributed by atoms with Gasteiger partial charge in [0.1, 0.15) is 11.6 Å². The van der Waals surface area contributed by atoms with Gasteiger partial charge < -0.3 is 0 Å². The smallest absolute Gasteiger partial charge is 0.262 e. The van der Waals surface area contributed by atoms with Gasteiger partial charge in [-0.3, -0.25) is 4.31 Å². The second-order valence-electron chi connectivity index (χ2n) is 5.53. The first-order valence-corrected chi connectivity index (χ1v) is 9.88. The summed E-state index contributed by atoms with van der Waals surface area (Å²) in [6, 6.07) is 17.2. The third-order valence-corrected chi connectivity index (χ3v) is 6.10. The van der Waals surface area contributed by atoms with E-state index in [1.807, 2.05) is 0 Å². The van der Waals surface area contributed by atoms with Gasteiger partial charge in [-0.05, 0) is 54.6 Å². The summed E-state index contributed by atoms with van der Waals surface area (Å²) in [4.78, 5) is -0.0711. The molecular formula is C19H14BrF2NO2S. The molecule has 0 aromatic heterocycles. The Kier molecular flexibility index (Phi) is 5.38. The van der Waals surface area contributed by atoms with Crippen LogP contribution in [0.4, 0.5) is 14.5 Å². The van der Waals surface area contributed by atoms with E-state index in [-0.39, 0.29) is 17.0 Å². The second kappa shape index (κ2) is 7.55. The molecule has 0 saturated carbocycles. The van der Waals surface area contributed by atoms with E-state index in [0.717, 1.165) is 20.9 Å². The van der Waals surface area contributed by atoms with Crippen LogP contribution in [0.5, 0.6) is 0 Å². The number of rotatable bonds is 5. The Morgan fingerprint density at radius 3 is 2.08 bits per heavy atom. The maximum Gasteiger partial charge on any atom is 0.264 e. The summed E-state index contributed by atoms with van der Waals surface area (Å²) in [5, 5.41) is 0. The lowest BCUT2D eigenvalue weighted by Gasteiger charge is -2.25. The Bertz CT molecular complexity index is 1010. The largest absolute Gasteiger partial charge is 0.264 e. The molecule has 0 aliphatic carbocycles. The van der Waals surface area contributed by atoms with Crippen molar-refractivity contribution in [3.63, 3.8) is 0 Å². The Morgan fingerprint density at radius 1 is 0.846 bits per heavy atom. The van der Waals surface area contributed by atoms with Gasteiger partial charge in [0, 0.05) is 10.0 Å². The van der Waals surface area contributed by atoms with Crippen molar-refractivity contribution in [2.45, 2.75) is 11.4 Å². The molecule has 134 valence electrons. The zero-order chi connectivity index (χ0) is 18.7. The standard InChI is InChI=1S/C19H14BrF2NO2S/c20-15-5-9-17(10-6-15)23(13-14-3-1-2-4-19(14)22)26(24,25)18-11-7-16(21)8-12-18/h1-12H,13H2. The number of hydrogen-bond acceptors (Lipinski definition) is 2. The summed E-state index contributed by atoms with van der Waals surface area (Å²) < 4.78 is 55.4. The molecule has 3 aromatic rings. The number of anilines is 1. The van der Waals surface area contributed by atoms with Crippen LogP contribution in [-0.2, 0) is 16.6 Å². The molecule has 0 spiro atoms. The molecule has 0 fully saturated rings. The van der Waals surface area contributed by atoms with Crippen LogP contribution in [-0.4, -0.2) is 8.42 Å². The van der Waals surface area contributed by atoms with Gasteiger partial charge in [0.05, 0.1) is 17.1 Å². The van der Waals surface area contributed by atoms with E-state index in [2.05, 4.69) is 15.9 Å². The molecule has 3 nitrogen and oxygen atoms in total. The first kappa shape index (κ1) is 18.5. The molecule has 0 saturated heterocycles. The van der Waals surface area contributed by atoms with Gasteiger partial charge >= 0.3 is 0 Å². The predicted octanol–water partition coefficient (Wildman–Crippen LogP) is 5.12. The molecular weight excluding hydrogens is 424 g/mol. The Balaban J connectivity index is 2.09. The number of benzene rings is 3. The van der Waals surface area contributed by atoms with E-state index in [1.54, 1.807) is 30.3 Å². The molecule has 3 aromatic carbocycles. The van der Waals surface area contributed by atoms with Crippen molar-refractivity contribution in [1.82, 2.24) is 0 Å². The van der Waals surface area contributed by atoms with Crippen LogP contribution >= 0.6 is 15.9 Å². The summed E-state index contributed by atoms with van der Waals surface area (Å²) in [5.41, 5.74) is 0.613. The molecule has 26 heavy (non-hydrogen) atoms. The molecule has 0 aliphatic rings. The quantitative estimate of drug-likeness (QED) is 0.555. The molecule has 7 heteroatoms. The Labute approximate surface area is 159 Å². The molecule has 0 radical (unpaired) electrons. The van der Waals surface area contributed by atoms with Crippen molar-refractivity contribution in [2.75, 3.05) is 4.31 Å². The number of halogens is 3. The van der Waals surface area contributed by atoms with Gasteiger partial charge in [-0.15, -0.1) is 0 Å². The van der Waals surface area contributed by atoms with Crippen molar-refractivity contribution in [3.8, 4) is 0 Å². The summed E-state index contributed by atoms with van der Waals surface area (Å²) in [7, 11) is -4.01. The average molecular weight is 438 g/mol. The molecule has 0 bridgehead atoms. The maximum atomic E-state index is 14.1. The summed E-state index contributed by atoms with van der Waals surface area (Å²) in [6.07, 6.45) is 0. The van der Waals surface area contributed by atoms with Crippen LogP contribution in [0.3, 0.4) is 0 Å². The molecule has 3 rings (SSSR count). The van der Waals surface area contributed by atoms with E-state index in [9.17, 15) is 17.2 Å². The van der Waals surface area contributed by atoms with E-state index in [0.29, 0.717) is 5.69 Å². The van der Waals surface area contributed by atoms with Gasteiger partial charge in [0.15, 0.2) is 0 Å². The normalized spacial score (nSPS) is 11.3. The minimum Gasteiger partial charge on any atom is -0.262 e. The third-order valence-electron chi connectivity index (χ3n) is 3.79. The van der Waals surface area contributed by atoms with Gasteiger partial charge in [-0.25, -0.2) is 17.2 Å². The highest BCUT2D eigenvalue weighted by atomic mass is 79.9. The fourth-order valence-electron chi connectivity index (χ4n) is 2.44. The lowest BCUT2D eigenvalue weighted by Crippen LogP contribution is -2.31. The van der Waals surface area contributed by atoms with Crippen LogP contribution in [0, 0.1) is 11.6 Å². The van der Waals surface area contributed by atoms with E-state index in [1.165, 1.54) is 30.3 Å². The SMILES string of the molecule is O=S(=O)(c1ccc(F)cc1)N(Cc1ccccc1F)c1ccc(Br)cc1. The highest BCUT2D eigenvalue weighted by Crippen LogP contribution is 2.28. The molecule has 0 atom stereocenters. The zero-order valence-electron chi connectivity index (χ0n) is 13.4. The highest BCUT2D eigenvalue weighted by Gasteiger charge is 2.26. The van der Waals surface area contributed by atoms with E-state index < -0.39 is 21.7 Å². The fraction of sp³-hybridized carbons (Fsp3) is 0.0526. The van der Waals surface area contributed by atoms with Crippen LogP contribution in [0.25, 0.3) is 0 Å². The molecule has 0 heterocycles. The molecule has 0 amide bonds. The summed E-state index contributed by atoms with van der Waals surface area (Å²) >= 11 is 3.31. The first-order valence-electron chi connectivity index (χ1n) is 7.65. The van der Waals surface area contributed by atoms with Crippen LogP contribution < -0.4 is 4.31 Å². The van der Waals surface area contributed by atoms with E-state index in [4.69, 9.17) is 0 Å². The van der Waals surface area contributed by atoms with Gasteiger partial charge in [-0.1, -0.05) is 34.1 Å². The van der Waals surface area contributed by atoms with E-state index >= 15 is 0 Å². The summed E-state index contributed by atoms with van der Waals surface area (Å²) in [6.45, 7) is -0.186. The Hall–Kier alpha value is -2.25. The average Bonchev–Trinajstić information content (AvgIpc) is 2.62. The number of hydrogen-bond donors (Lipinski definition) is 0. The lowest BCUT2D eigenvalue weighted by molar-refractivity contribution is 0.584. The minimum atomic E-state index is -4.01. The monoisotopic (exact) mass is 437 g/mol. The molecule has 0 N–H and O–H groups in total. The van der Waals surface area contributed by atoms with Crippen molar-refractivity contribution in [1.29, 1.82) is 0 Å². The third kappa shape index (κ3) is 3.94. The van der Waals surface area contributed by atoms with Crippen molar-refractivity contribution >= 4 is 31.6 Å². The fourth-order valence-corrected chi connectivity index (χ4v) is 4.14. The highest BCUT2D eigenvalue weighted by molar-refractivity contribution is 9.10. The van der Waals surface area contributed by atoms with Crippen LogP contribution in [0.2, 0.25) is 0 Å². The van der Waals surface area contributed by atoms with Gasteiger partial charge in [-0.2, -0.15) is 0 Å². The predicted molar refractivity (Wildman–Crippen MR) is 100 cm³/mol. The topological polar surface area (TPSA) is 37.4 Å². The Morgan fingerprint density at radius 2 is 1.46 bits per heavy atom. The van der Waals surface area contributed by atoms with Gasteiger partial charge in [0.2, 0.25) is 0 Å². The molecule has 0 aliphatic heterocycles. The minimum absolute atomic E-state index is 0.0711. The molecule has 0 unspecified atom stereocenters. The number of sulfonamides is 1. The van der Waals surface area contributed by atoms with Crippen LogP contribution in [0.15, 0.2) is 82.2 Å².